The van der Waals surface area contributed by atoms with Crippen molar-refractivity contribution in [2.45, 2.75) is 44.9 Å². The van der Waals surface area contributed by atoms with Crippen molar-refractivity contribution in [3.8, 4) is 78.7 Å². The zero-order chi connectivity index (χ0) is 42.1. The summed E-state index contributed by atoms with van der Waals surface area (Å²) in [5.41, 5.74) is 16.2. The van der Waals surface area contributed by atoms with Crippen LogP contribution in [0.3, 0.4) is 0 Å². The lowest BCUT2D eigenvalue weighted by molar-refractivity contribution is 0.0426. The van der Waals surface area contributed by atoms with Gasteiger partial charge in [-0.05, 0) is 140 Å². The SMILES string of the molecule is CC1CC2CC(C)C3(c4ccccc4-c4cc(-c5ccc(-c6ccccc6-c6ccc(-c7nc(-c8ccccc8)nc(-c8ccncc8)n7)c7ccccc67)cc5)ccc43)C(C1)C2. The first-order chi connectivity index (χ1) is 31.0. The van der Waals surface area contributed by atoms with Crippen LogP contribution in [-0.2, 0) is 5.41 Å². The molecule has 2 bridgehead atoms. The summed E-state index contributed by atoms with van der Waals surface area (Å²) in [6.07, 6.45) is 9.00. The average Bonchev–Trinajstić information content (AvgIpc) is 3.64. The number of benzene rings is 7. The number of rotatable bonds is 6. The van der Waals surface area contributed by atoms with E-state index in [0.717, 1.165) is 39.3 Å². The van der Waals surface area contributed by atoms with E-state index in [9.17, 15) is 0 Å². The van der Waals surface area contributed by atoms with E-state index >= 15 is 0 Å². The van der Waals surface area contributed by atoms with E-state index in [1.54, 1.807) is 23.5 Å². The van der Waals surface area contributed by atoms with Crippen LogP contribution in [0.15, 0.2) is 182 Å². The first-order valence-electron chi connectivity index (χ1n) is 22.7. The fraction of sp³-hybridized carbons (Fsp3) is 0.186. The van der Waals surface area contributed by atoms with E-state index in [1.807, 2.05) is 42.5 Å². The normalized spacial score (nSPS) is 21.0. The third-order valence-corrected chi connectivity index (χ3v) is 14.8. The van der Waals surface area contributed by atoms with E-state index in [-0.39, 0.29) is 5.41 Å². The predicted molar refractivity (Wildman–Crippen MR) is 258 cm³/mol. The Labute approximate surface area is 369 Å². The van der Waals surface area contributed by atoms with Crippen LogP contribution in [0.5, 0.6) is 0 Å². The Hall–Kier alpha value is -7.04. The van der Waals surface area contributed by atoms with Crippen molar-refractivity contribution >= 4 is 10.8 Å². The van der Waals surface area contributed by atoms with Crippen LogP contribution < -0.4 is 0 Å². The van der Waals surface area contributed by atoms with Crippen LogP contribution in [0, 0.1) is 23.7 Å². The highest BCUT2D eigenvalue weighted by Gasteiger charge is 2.56. The van der Waals surface area contributed by atoms with Crippen LogP contribution in [0.25, 0.3) is 89.4 Å². The van der Waals surface area contributed by atoms with Gasteiger partial charge in [-0.2, -0.15) is 0 Å². The van der Waals surface area contributed by atoms with Crippen molar-refractivity contribution in [2.24, 2.45) is 23.7 Å². The Morgan fingerprint density at radius 3 is 1.76 bits per heavy atom. The van der Waals surface area contributed by atoms with Crippen LogP contribution in [-0.4, -0.2) is 19.9 Å². The molecule has 12 rings (SSSR count). The van der Waals surface area contributed by atoms with Crippen molar-refractivity contribution < 1.29 is 0 Å². The molecule has 9 aromatic rings. The van der Waals surface area contributed by atoms with E-state index in [0.29, 0.717) is 29.3 Å². The standard InChI is InChI=1S/C59H48N4/c1-37-32-39-34-38(2)59(45(33-37)35-39)54-19-11-10-18-51(54)53-36-44(24-27-55(53)59)40-20-22-41(23-21-40)46-14-6-7-15-47(46)50-25-26-52(49-17-9-8-16-48(49)50)58-62-56(42-12-4-3-5-13-42)61-57(63-58)43-28-30-60-31-29-43/h3-31,36-39,45H,32-35H2,1-2H3. The molecule has 4 heteroatoms. The minimum Gasteiger partial charge on any atom is -0.265 e. The van der Waals surface area contributed by atoms with Crippen molar-refractivity contribution in [1.29, 1.82) is 0 Å². The van der Waals surface area contributed by atoms with Crippen molar-refractivity contribution in [2.75, 3.05) is 0 Å². The number of nitrogens with zero attached hydrogens (tertiary/aromatic N) is 4. The van der Waals surface area contributed by atoms with E-state index in [2.05, 4.69) is 146 Å². The Kier molecular flexibility index (Phi) is 9.03. The molecule has 0 amide bonds. The molecule has 5 atom stereocenters. The summed E-state index contributed by atoms with van der Waals surface area (Å²) < 4.78 is 0. The van der Waals surface area contributed by atoms with E-state index in [4.69, 9.17) is 15.0 Å². The second-order valence-electron chi connectivity index (χ2n) is 18.4. The molecule has 2 fully saturated rings. The van der Waals surface area contributed by atoms with Crippen LogP contribution in [0.4, 0.5) is 0 Å². The summed E-state index contributed by atoms with van der Waals surface area (Å²) in [7, 11) is 0. The zero-order valence-corrected chi connectivity index (χ0v) is 35.7. The number of hydrogen-bond acceptors (Lipinski definition) is 4. The molecule has 4 nitrogen and oxygen atoms in total. The van der Waals surface area contributed by atoms with E-state index in [1.165, 1.54) is 70.2 Å². The van der Waals surface area contributed by atoms with Gasteiger partial charge in [0.15, 0.2) is 17.5 Å². The van der Waals surface area contributed by atoms with Gasteiger partial charge in [-0.25, -0.2) is 15.0 Å². The highest BCUT2D eigenvalue weighted by Crippen LogP contribution is 2.64. The first kappa shape index (κ1) is 37.7. The number of aromatic nitrogens is 4. The smallest absolute Gasteiger partial charge is 0.164 e. The molecular formula is C59H48N4. The van der Waals surface area contributed by atoms with Gasteiger partial charge in [-0.3, -0.25) is 4.98 Å². The van der Waals surface area contributed by atoms with Crippen LogP contribution >= 0.6 is 0 Å². The number of pyridine rings is 1. The molecular weight excluding hydrogens is 765 g/mol. The van der Waals surface area contributed by atoms with Gasteiger partial charge in [0, 0.05) is 34.5 Å². The lowest BCUT2D eigenvalue weighted by atomic mass is 9.49. The molecule has 7 aromatic carbocycles. The summed E-state index contributed by atoms with van der Waals surface area (Å²) in [6.45, 7) is 5.05. The predicted octanol–water partition coefficient (Wildman–Crippen LogP) is 14.8. The van der Waals surface area contributed by atoms with Gasteiger partial charge in [0.1, 0.15) is 0 Å². The molecule has 2 heterocycles. The van der Waals surface area contributed by atoms with Crippen molar-refractivity contribution in [3.05, 3.63) is 193 Å². The second kappa shape index (κ2) is 15.1. The monoisotopic (exact) mass is 812 g/mol. The average molecular weight is 813 g/mol. The van der Waals surface area contributed by atoms with Gasteiger partial charge in [-0.15, -0.1) is 0 Å². The van der Waals surface area contributed by atoms with Gasteiger partial charge >= 0.3 is 0 Å². The molecule has 1 spiro atoms. The summed E-state index contributed by atoms with van der Waals surface area (Å²) in [4.78, 5) is 19.3. The topological polar surface area (TPSA) is 51.6 Å². The molecule has 3 aliphatic rings. The molecule has 0 saturated heterocycles. The molecule has 63 heavy (non-hydrogen) atoms. The quantitative estimate of drug-likeness (QED) is 0.168. The maximum absolute atomic E-state index is 5.08. The molecule has 0 radical (unpaired) electrons. The minimum absolute atomic E-state index is 0.116. The summed E-state index contributed by atoms with van der Waals surface area (Å²) in [5.74, 6) is 4.91. The number of fused-ring (bicyclic) bond motifs is 9. The third-order valence-electron chi connectivity index (χ3n) is 14.8. The molecule has 304 valence electrons. The lowest BCUT2D eigenvalue weighted by Crippen LogP contribution is -2.49. The summed E-state index contributed by atoms with van der Waals surface area (Å²) in [5, 5.41) is 2.24. The molecule has 0 N–H and O–H groups in total. The van der Waals surface area contributed by atoms with Crippen LogP contribution in [0.2, 0.25) is 0 Å². The Morgan fingerprint density at radius 1 is 0.397 bits per heavy atom. The minimum atomic E-state index is 0.116. The fourth-order valence-electron chi connectivity index (χ4n) is 12.3. The fourth-order valence-corrected chi connectivity index (χ4v) is 12.3. The molecule has 0 aliphatic heterocycles. The van der Waals surface area contributed by atoms with Crippen molar-refractivity contribution in [1.82, 2.24) is 19.9 Å². The Balaban J connectivity index is 0.913. The van der Waals surface area contributed by atoms with Gasteiger partial charge in [-0.1, -0.05) is 159 Å². The highest BCUT2D eigenvalue weighted by atomic mass is 15.0. The van der Waals surface area contributed by atoms with Gasteiger partial charge in [0.2, 0.25) is 0 Å². The second-order valence-corrected chi connectivity index (χ2v) is 18.4. The van der Waals surface area contributed by atoms with E-state index < -0.39 is 0 Å². The Morgan fingerprint density at radius 2 is 0.984 bits per heavy atom. The zero-order valence-electron chi connectivity index (χ0n) is 35.7. The molecule has 3 aliphatic carbocycles. The van der Waals surface area contributed by atoms with Crippen LogP contribution in [0.1, 0.15) is 50.7 Å². The maximum atomic E-state index is 5.08. The Bertz CT molecular complexity index is 3110. The first-order valence-corrected chi connectivity index (χ1v) is 22.7. The molecule has 2 aromatic heterocycles. The van der Waals surface area contributed by atoms with Crippen molar-refractivity contribution in [3.63, 3.8) is 0 Å². The summed E-state index contributed by atoms with van der Waals surface area (Å²) in [6, 6.07) is 61.9. The van der Waals surface area contributed by atoms with Gasteiger partial charge in [0.05, 0.1) is 0 Å². The lowest BCUT2D eigenvalue weighted by Gasteiger charge is -2.54. The van der Waals surface area contributed by atoms with Gasteiger partial charge in [0.25, 0.3) is 0 Å². The largest absolute Gasteiger partial charge is 0.265 e. The molecule has 5 unspecified atom stereocenters. The maximum Gasteiger partial charge on any atom is 0.164 e. The highest BCUT2D eigenvalue weighted by molar-refractivity contribution is 6.06. The number of hydrogen-bond donors (Lipinski definition) is 0. The third kappa shape index (κ3) is 6.18. The summed E-state index contributed by atoms with van der Waals surface area (Å²) >= 11 is 0. The molecule has 2 saturated carbocycles. The van der Waals surface area contributed by atoms with Gasteiger partial charge < -0.3 is 0 Å².